The minimum atomic E-state index is -0.229. The first-order valence-electron chi connectivity index (χ1n) is 11.6. The molecule has 1 aromatic rings. The summed E-state index contributed by atoms with van der Waals surface area (Å²) in [4.78, 5) is 0. The lowest BCUT2D eigenvalue weighted by molar-refractivity contribution is -0.0209. The Labute approximate surface area is 179 Å². The smallest absolute Gasteiger partial charge is 0.123 e. The number of fused-ring (bicyclic) bond motifs is 5. The van der Waals surface area contributed by atoms with Crippen LogP contribution in [0.3, 0.4) is 0 Å². The first kappa shape index (κ1) is 20.1. The number of aliphatic hydroxyl groups excluding tert-OH is 1. The van der Waals surface area contributed by atoms with E-state index in [1.165, 1.54) is 42.7 Å². The van der Waals surface area contributed by atoms with Crippen molar-refractivity contribution in [3.8, 4) is 0 Å². The molecule has 4 aliphatic carbocycles. The van der Waals surface area contributed by atoms with Gasteiger partial charge in [0.05, 0.1) is 12.3 Å². The minimum Gasteiger partial charge on any atom is -0.393 e. The largest absolute Gasteiger partial charge is 0.393 e. The van der Waals surface area contributed by atoms with Gasteiger partial charge in [-0.2, -0.15) is 10.2 Å². The maximum absolute atomic E-state index is 13.1. The van der Waals surface area contributed by atoms with Crippen LogP contribution in [-0.4, -0.2) is 23.1 Å². The summed E-state index contributed by atoms with van der Waals surface area (Å²) in [6, 6.07) is 6.38. The molecule has 30 heavy (non-hydrogen) atoms. The highest BCUT2D eigenvalue weighted by atomic mass is 19.1. The Kier molecular flexibility index (Phi) is 4.96. The molecule has 6 atom stereocenters. The lowest BCUT2D eigenvalue weighted by Crippen LogP contribution is -2.50. The first-order valence-corrected chi connectivity index (χ1v) is 11.6. The molecule has 0 aliphatic heterocycles. The summed E-state index contributed by atoms with van der Waals surface area (Å²) in [5, 5.41) is 19.2. The monoisotopic (exact) mass is 408 g/mol. The van der Waals surface area contributed by atoms with E-state index in [-0.39, 0.29) is 22.8 Å². The average Bonchev–Trinajstić information content (AvgIpc) is 3.06. The quantitative estimate of drug-likeness (QED) is 0.368. The van der Waals surface area contributed by atoms with Gasteiger partial charge in [-0.25, -0.2) is 4.39 Å². The van der Waals surface area contributed by atoms with Gasteiger partial charge in [0.25, 0.3) is 0 Å². The van der Waals surface area contributed by atoms with Gasteiger partial charge in [-0.3, -0.25) is 0 Å². The van der Waals surface area contributed by atoms with Gasteiger partial charge in [0.15, 0.2) is 0 Å². The summed E-state index contributed by atoms with van der Waals surface area (Å²) < 4.78 is 13.1. The molecule has 1 N–H and O–H groups in total. The zero-order valence-electron chi connectivity index (χ0n) is 18.1. The number of aliphatic hydroxyl groups is 1. The summed E-state index contributed by atoms with van der Waals surface area (Å²) in [5.41, 5.74) is 4.09. The first-order chi connectivity index (χ1) is 14.4. The maximum Gasteiger partial charge on any atom is 0.123 e. The molecule has 0 radical (unpaired) electrons. The normalized spacial score (nSPS) is 42.0. The summed E-state index contributed by atoms with van der Waals surface area (Å²) in [7, 11) is 0. The molecule has 0 unspecified atom stereocenters. The molecule has 5 rings (SSSR count). The fourth-order valence-electron chi connectivity index (χ4n) is 7.31. The van der Waals surface area contributed by atoms with Crippen LogP contribution in [0, 0.1) is 34.4 Å². The van der Waals surface area contributed by atoms with E-state index in [0.29, 0.717) is 5.92 Å². The number of allylic oxidation sites excluding steroid dienone is 1. The van der Waals surface area contributed by atoms with Gasteiger partial charge in [-0.05, 0) is 92.2 Å². The van der Waals surface area contributed by atoms with E-state index >= 15 is 0 Å². The maximum atomic E-state index is 13.1. The minimum absolute atomic E-state index is 0.140. The van der Waals surface area contributed by atoms with E-state index in [9.17, 15) is 9.50 Å². The summed E-state index contributed by atoms with van der Waals surface area (Å²) in [6.07, 6.45) is 12.9. The molecule has 3 saturated carbocycles. The molecule has 0 spiro atoms. The van der Waals surface area contributed by atoms with Gasteiger partial charge >= 0.3 is 0 Å². The van der Waals surface area contributed by atoms with Gasteiger partial charge in [0.1, 0.15) is 5.82 Å². The molecule has 0 saturated heterocycles. The topological polar surface area (TPSA) is 45.0 Å². The second-order valence-corrected chi connectivity index (χ2v) is 10.5. The molecule has 4 aliphatic rings. The highest BCUT2D eigenvalue weighted by Crippen LogP contribution is 2.64. The SMILES string of the molecule is C[C@]12CC[C@@H](O)CC1=CC[C@H]1[C@H]2CC[C@]2(C)/C(=N\N=C/c3ccc(F)cc3)CC[C@H]12. The zero-order valence-corrected chi connectivity index (χ0v) is 18.1. The van der Waals surface area contributed by atoms with Crippen molar-refractivity contribution >= 4 is 11.9 Å². The van der Waals surface area contributed by atoms with Crippen molar-refractivity contribution in [1.82, 2.24) is 0 Å². The second kappa shape index (κ2) is 7.40. The lowest BCUT2D eigenvalue weighted by Gasteiger charge is -2.57. The van der Waals surface area contributed by atoms with E-state index in [1.54, 1.807) is 18.3 Å². The number of nitrogens with zero attached hydrogens (tertiary/aromatic N) is 2. The Morgan fingerprint density at radius 3 is 2.57 bits per heavy atom. The van der Waals surface area contributed by atoms with Crippen LogP contribution >= 0.6 is 0 Å². The van der Waals surface area contributed by atoms with E-state index < -0.39 is 0 Å². The predicted molar refractivity (Wildman–Crippen MR) is 119 cm³/mol. The van der Waals surface area contributed by atoms with Gasteiger partial charge in [0.2, 0.25) is 0 Å². The molecule has 3 nitrogen and oxygen atoms in total. The van der Waals surface area contributed by atoms with Crippen LogP contribution in [-0.2, 0) is 0 Å². The molecular formula is C26H33FN2O. The standard InChI is InChI=1S/C26H33FN2O/c1-25-13-11-20(30)15-18(25)5-8-21-22-9-10-24(26(22,2)14-12-23(21)25)29-28-16-17-3-6-19(27)7-4-17/h3-7,16,20-23,30H,8-15H2,1-2H3/b28-16-,29-24-/t20-,21-,22-,23-,25+,26+/m1/s1. The van der Waals surface area contributed by atoms with E-state index in [0.717, 1.165) is 49.5 Å². The Morgan fingerprint density at radius 1 is 1.03 bits per heavy atom. The predicted octanol–water partition coefficient (Wildman–Crippen LogP) is 5.92. The molecule has 3 fully saturated rings. The zero-order chi connectivity index (χ0) is 20.9. The third kappa shape index (κ3) is 3.19. The number of hydrogen-bond donors (Lipinski definition) is 1. The molecule has 160 valence electrons. The Balaban J connectivity index is 1.37. The number of benzene rings is 1. The summed E-state index contributed by atoms with van der Waals surface area (Å²) in [5.74, 6) is 1.91. The second-order valence-electron chi connectivity index (χ2n) is 10.5. The van der Waals surface area contributed by atoms with E-state index in [2.05, 4.69) is 30.1 Å². The van der Waals surface area contributed by atoms with Crippen molar-refractivity contribution in [3.05, 3.63) is 47.3 Å². The van der Waals surface area contributed by atoms with Crippen LogP contribution in [0.15, 0.2) is 46.1 Å². The Bertz CT molecular complexity index is 904. The average molecular weight is 409 g/mol. The lowest BCUT2D eigenvalue weighted by atomic mass is 9.48. The van der Waals surface area contributed by atoms with Gasteiger partial charge in [-0.1, -0.05) is 37.6 Å². The number of rotatable bonds is 2. The van der Waals surface area contributed by atoms with Gasteiger partial charge in [-0.15, -0.1) is 0 Å². The van der Waals surface area contributed by atoms with Crippen LogP contribution in [0.4, 0.5) is 4.39 Å². The summed E-state index contributed by atoms with van der Waals surface area (Å²) in [6.45, 7) is 4.89. The van der Waals surface area contributed by atoms with Crippen LogP contribution < -0.4 is 0 Å². The van der Waals surface area contributed by atoms with E-state index in [1.807, 2.05) is 0 Å². The fourth-order valence-corrected chi connectivity index (χ4v) is 7.31. The number of halogens is 1. The van der Waals surface area contributed by atoms with Crippen molar-refractivity contribution < 1.29 is 9.50 Å². The van der Waals surface area contributed by atoms with Crippen molar-refractivity contribution in [1.29, 1.82) is 0 Å². The van der Waals surface area contributed by atoms with Crippen molar-refractivity contribution in [3.63, 3.8) is 0 Å². The molecule has 0 aromatic heterocycles. The van der Waals surface area contributed by atoms with E-state index in [4.69, 9.17) is 0 Å². The molecular weight excluding hydrogens is 375 g/mol. The van der Waals surface area contributed by atoms with Crippen LogP contribution in [0.5, 0.6) is 0 Å². The Hall–Kier alpha value is -1.81. The van der Waals surface area contributed by atoms with Crippen LogP contribution in [0.1, 0.15) is 70.8 Å². The molecule has 4 heteroatoms. The third-order valence-corrected chi connectivity index (χ3v) is 9.07. The van der Waals surface area contributed by atoms with Crippen molar-refractivity contribution in [2.45, 2.75) is 71.3 Å². The third-order valence-electron chi connectivity index (χ3n) is 9.07. The Morgan fingerprint density at radius 2 is 1.77 bits per heavy atom. The molecule has 0 heterocycles. The van der Waals surface area contributed by atoms with Gasteiger partial charge < -0.3 is 5.11 Å². The van der Waals surface area contributed by atoms with Crippen LogP contribution in [0.2, 0.25) is 0 Å². The highest BCUT2D eigenvalue weighted by molar-refractivity contribution is 5.93. The van der Waals surface area contributed by atoms with Crippen molar-refractivity contribution in [2.75, 3.05) is 0 Å². The van der Waals surface area contributed by atoms with Crippen LogP contribution in [0.25, 0.3) is 0 Å². The fraction of sp³-hybridized carbons (Fsp3) is 0.615. The van der Waals surface area contributed by atoms with Crippen molar-refractivity contribution in [2.24, 2.45) is 38.8 Å². The summed E-state index contributed by atoms with van der Waals surface area (Å²) >= 11 is 0. The molecule has 0 bridgehead atoms. The molecule has 0 amide bonds. The highest BCUT2D eigenvalue weighted by Gasteiger charge is 2.57. The number of hydrogen-bond acceptors (Lipinski definition) is 3. The molecule has 1 aromatic carbocycles. The van der Waals surface area contributed by atoms with Gasteiger partial charge in [0, 0.05) is 11.1 Å².